The molecule has 2 aliphatic heterocycles. The lowest BCUT2D eigenvalue weighted by Gasteiger charge is -2.34. The van der Waals surface area contributed by atoms with Crippen LogP contribution in [0.25, 0.3) is 0 Å². The summed E-state index contributed by atoms with van der Waals surface area (Å²) in [5, 5.41) is 36.7. The number of thiol groups is 1. The van der Waals surface area contributed by atoms with E-state index in [0.29, 0.717) is 13.2 Å². The number of methoxy groups -OCH3 is 1. The molecule has 0 amide bonds. The number of ether oxygens (including phenoxy) is 3. The van der Waals surface area contributed by atoms with E-state index < -0.39 is 30.7 Å². The molecule has 134 valence electrons. The Balaban J connectivity index is 0.000000385. The van der Waals surface area contributed by atoms with E-state index in [9.17, 15) is 20.4 Å². The Kier molecular flexibility index (Phi) is 10.1. The summed E-state index contributed by atoms with van der Waals surface area (Å²) in [6.07, 6.45) is -4.18. The first-order chi connectivity index (χ1) is 9.79. The molecule has 22 heavy (non-hydrogen) atoms. The maximum absolute atomic E-state index is 9.29. The third-order valence-corrected chi connectivity index (χ3v) is 4.18. The van der Waals surface area contributed by atoms with Crippen molar-refractivity contribution in [3.63, 3.8) is 0 Å². The van der Waals surface area contributed by atoms with E-state index in [0.717, 1.165) is 0 Å². The zero-order valence-corrected chi connectivity index (χ0v) is 13.4. The zero-order valence-electron chi connectivity index (χ0n) is 12.5. The van der Waals surface area contributed by atoms with Crippen molar-refractivity contribution in [3.05, 3.63) is 0 Å². The minimum atomic E-state index is -1.00. The monoisotopic (exact) mass is 342 g/mol. The molecule has 2 unspecified atom stereocenters. The van der Waals surface area contributed by atoms with Gasteiger partial charge in [0.1, 0.15) is 12.2 Å². The third kappa shape index (κ3) is 5.61. The number of hydrogen-bond acceptors (Lipinski definition) is 8. The van der Waals surface area contributed by atoms with Gasteiger partial charge in [-0.2, -0.15) is 12.6 Å². The summed E-state index contributed by atoms with van der Waals surface area (Å²) in [5.74, 6) is 0.0474. The molecule has 0 aromatic rings. The van der Waals surface area contributed by atoms with Crippen molar-refractivity contribution >= 4 is 12.6 Å². The highest BCUT2D eigenvalue weighted by molar-refractivity contribution is 7.81. The van der Waals surface area contributed by atoms with Crippen molar-refractivity contribution in [3.8, 4) is 0 Å². The largest absolute Gasteiger partial charge is 0.390 e. The molecule has 0 bridgehead atoms. The minimum Gasteiger partial charge on any atom is -0.390 e. The average molecular weight is 342 g/mol. The Labute approximate surface area is 137 Å². The quantitative estimate of drug-likeness (QED) is 0.405. The van der Waals surface area contributed by atoms with Gasteiger partial charge in [0, 0.05) is 13.0 Å². The number of hydrogen-bond donors (Lipinski definition) is 5. The molecule has 2 aliphatic rings. The summed E-state index contributed by atoms with van der Waals surface area (Å²) in [5.41, 5.74) is 0. The molecule has 0 aromatic heterocycles. The second-order valence-corrected chi connectivity index (χ2v) is 6.15. The van der Waals surface area contributed by atoms with E-state index >= 15 is 0 Å². The van der Waals surface area contributed by atoms with Gasteiger partial charge < -0.3 is 34.6 Å². The first kappa shape index (κ1) is 22.1. The van der Waals surface area contributed by atoms with Crippen LogP contribution in [0.4, 0.5) is 0 Å². The molecule has 0 spiro atoms. The highest BCUT2D eigenvalue weighted by Gasteiger charge is 2.36. The molecule has 2 fully saturated rings. The Morgan fingerprint density at radius 3 is 2.00 bits per heavy atom. The Morgan fingerprint density at radius 2 is 1.50 bits per heavy atom. The zero-order chi connectivity index (χ0) is 16.2. The highest BCUT2D eigenvalue weighted by Crippen LogP contribution is 2.19. The van der Waals surface area contributed by atoms with Gasteiger partial charge in [0.15, 0.2) is 6.29 Å². The summed E-state index contributed by atoms with van der Waals surface area (Å²) in [4.78, 5) is 0. The van der Waals surface area contributed by atoms with Crippen LogP contribution in [0.1, 0.15) is 21.3 Å². The van der Waals surface area contributed by atoms with Crippen LogP contribution >= 0.6 is 12.6 Å². The lowest BCUT2D eigenvalue weighted by atomic mass is 9.95. The van der Waals surface area contributed by atoms with E-state index in [1.54, 1.807) is 6.92 Å². The van der Waals surface area contributed by atoms with Gasteiger partial charge >= 0.3 is 0 Å². The van der Waals surface area contributed by atoms with Crippen molar-refractivity contribution in [2.45, 2.75) is 63.3 Å². The highest BCUT2D eigenvalue weighted by atomic mass is 32.1. The van der Waals surface area contributed by atoms with E-state index in [1.807, 2.05) is 6.92 Å². The maximum Gasteiger partial charge on any atom is 0.185 e. The van der Waals surface area contributed by atoms with Crippen LogP contribution < -0.4 is 0 Å². The summed E-state index contributed by atoms with van der Waals surface area (Å²) >= 11 is 4.00. The van der Waals surface area contributed by atoms with Gasteiger partial charge in [-0.15, -0.1) is 0 Å². The first-order valence-electron chi connectivity index (χ1n) is 6.95. The van der Waals surface area contributed by atoms with Crippen LogP contribution in [0, 0.1) is 5.92 Å². The van der Waals surface area contributed by atoms with Crippen LogP contribution in [0.3, 0.4) is 0 Å². The molecule has 0 saturated carbocycles. The van der Waals surface area contributed by atoms with Crippen LogP contribution in [-0.2, 0) is 14.2 Å². The Bertz CT molecular complexity index is 291. The van der Waals surface area contributed by atoms with E-state index in [1.165, 1.54) is 7.11 Å². The average Bonchev–Trinajstić information content (AvgIpc) is 2.48. The lowest BCUT2D eigenvalue weighted by molar-refractivity contribution is -0.229. The minimum absolute atomic E-state index is 0. The van der Waals surface area contributed by atoms with Crippen LogP contribution in [0.2, 0.25) is 0 Å². The normalized spacial score (nSPS) is 45.3. The topological polar surface area (TPSA) is 109 Å². The van der Waals surface area contributed by atoms with Gasteiger partial charge in [0.2, 0.25) is 0 Å². The molecule has 4 N–H and O–H groups in total. The molecule has 0 radical (unpaired) electrons. The molecular formula is C14H30O7S. The van der Waals surface area contributed by atoms with Crippen LogP contribution in [0.15, 0.2) is 0 Å². The fourth-order valence-electron chi connectivity index (χ4n) is 2.10. The second-order valence-electron chi connectivity index (χ2n) is 5.48. The van der Waals surface area contributed by atoms with Crippen molar-refractivity contribution in [1.29, 1.82) is 0 Å². The summed E-state index contributed by atoms with van der Waals surface area (Å²) in [6, 6.07) is 0. The maximum atomic E-state index is 9.29. The summed E-state index contributed by atoms with van der Waals surface area (Å²) in [7, 11) is 1.42. The third-order valence-electron chi connectivity index (χ3n) is 3.72. The van der Waals surface area contributed by atoms with Gasteiger partial charge in [0.05, 0.1) is 36.8 Å². The molecule has 0 aliphatic carbocycles. The summed E-state index contributed by atoms with van der Waals surface area (Å²) < 4.78 is 14.9. The van der Waals surface area contributed by atoms with Crippen molar-refractivity contribution in [2.24, 2.45) is 5.92 Å². The van der Waals surface area contributed by atoms with Gasteiger partial charge in [-0.25, -0.2) is 0 Å². The molecule has 8 heteroatoms. The fraction of sp³-hybridized carbons (Fsp3) is 1.00. The predicted molar refractivity (Wildman–Crippen MR) is 84.9 cm³/mol. The molecule has 8 atom stereocenters. The molecule has 2 saturated heterocycles. The lowest BCUT2D eigenvalue weighted by Crippen LogP contribution is -2.51. The molecule has 0 aromatic carbocycles. The molecule has 7 nitrogen and oxygen atoms in total. The van der Waals surface area contributed by atoms with E-state index in [-0.39, 0.29) is 24.7 Å². The molecular weight excluding hydrogens is 312 g/mol. The smallest absolute Gasteiger partial charge is 0.185 e. The van der Waals surface area contributed by atoms with Gasteiger partial charge in [-0.05, 0) is 6.92 Å². The first-order valence-corrected chi connectivity index (χ1v) is 7.47. The van der Waals surface area contributed by atoms with Gasteiger partial charge in [-0.3, -0.25) is 0 Å². The summed E-state index contributed by atoms with van der Waals surface area (Å²) in [6.45, 7) is 4.46. The Hall–Kier alpha value is 0.0700. The van der Waals surface area contributed by atoms with E-state index in [2.05, 4.69) is 12.6 Å². The Morgan fingerprint density at radius 1 is 0.909 bits per heavy atom. The van der Waals surface area contributed by atoms with Crippen molar-refractivity contribution in [2.75, 3.05) is 20.3 Å². The van der Waals surface area contributed by atoms with Crippen molar-refractivity contribution < 1.29 is 34.6 Å². The number of aliphatic hydroxyl groups is 4. The van der Waals surface area contributed by atoms with Crippen molar-refractivity contribution in [1.82, 2.24) is 0 Å². The predicted octanol–water partition coefficient (Wildman–Crippen LogP) is -0.592. The SMILES string of the molecule is C.CO[C@H]1OC[C@@H](S)[C@H](O)C1O.C[C@@H]1CO[C@H](C)C(O)[C@H]1O. The standard InChI is InChI=1S/C7H14O3.C6H12O4S.CH4/c1-4-3-10-5(2)7(9)6(4)8;1-9-6-5(8)4(7)3(11)2-10-6;/h4-9H,3H2,1-2H3;3-8,11H,2H2,1H3;1H4/t4-,5-,6+,7?;3-,4+,5?,6+;/m11./s1. The molecule has 2 rings (SSSR count). The number of aliphatic hydroxyl groups excluding tert-OH is 4. The number of rotatable bonds is 1. The van der Waals surface area contributed by atoms with Gasteiger partial charge in [0.25, 0.3) is 0 Å². The van der Waals surface area contributed by atoms with Crippen LogP contribution in [0.5, 0.6) is 0 Å². The second kappa shape index (κ2) is 10.0. The van der Waals surface area contributed by atoms with E-state index in [4.69, 9.17) is 14.2 Å². The molecule has 2 heterocycles. The fourth-order valence-corrected chi connectivity index (χ4v) is 2.36. The van der Waals surface area contributed by atoms with Crippen LogP contribution in [-0.4, -0.2) is 82.8 Å². The van der Waals surface area contributed by atoms with Gasteiger partial charge in [-0.1, -0.05) is 14.4 Å².